The third-order valence-corrected chi connectivity index (χ3v) is 8.79. The number of rotatable bonds is 7. The molecule has 2 aliphatic heterocycles. The van der Waals surface area contributed by atoms with Gasteiger partial charge in [0, 0.05) is 44.0 Å². The predicted octanol–water partition coefficient (Wildman–Crippen LogP) is 5.72. The lowest BCUT2D eigenvalue weighted by molar-refractivity contribution is -0.165. The second-order valence-corrected chi connectivity index (χ2v) is 11.8. The average Bonchev–Trinajstić information content (AvgIpc) is 3.81. The van der Waals surface area contributed by atoms with Crippen molar-refractivity contribution < 1.29 is 50.2 Å². The summed E-state index contributed by atoms with van der Waals surface area (Å²) < 4.78 is 99.7. The highest BCUT2D eigenvalue weighted by molar-refractivity contribution is 5.89. The Hall–Kier alpha value is -3.39. The van der Waals surface area contributed by atoms with Crippen LogP contribution < -0.4 is 10.2 Å². The summed E-state index contributed by atoms with van der Waals surface area (Å²) in [4.78, 5) is 29.0. The maximum absolute atomic E-state index is 13.9. The van der Waals surface area contributed by atoms with Crippen LogP contribution in [-0.4, -0.2) is 65.8 Å². The number of hydrogen-bond acceptors (Lipinski definition) is 5. The van der Waals surface area contributed by atoms with Gasteiger partial charge in [-0.1, -0.05) is 0 Å². The van der Waals surface area contributed by atoms with E-state index in [0.29, 0.717) is 50.3 Å². The molecule has 240 valence electrons. The van der Waals surface area contributed by atoms with E-state index in [-0.39, 0.29) is 36.2 Å². The minimum Gasteiger partial charge on any atom is -0.478 e. The molecule has 1 amide bonds. The van der Waals surface area contributed by atoms with Crippen LogP contribution in [0.15, 0.2) is 36.4 Å². The van der Waals surface area contributed by atoms with E-state index in [1.807, 2.05) is 11.8 Å². The van der Waals surface area contributed by atoms with Gasteiger partial charge in [-0.15, -0.1) is 0 Å². The van der Waals surface area contributed by atoms with E-state index in [9.17, 15) is 45.4 Å². The van der Waals surface area contributed by atoms with Crippen LogP contribution in [0.3, 0.4) is 0 Å². The molecule has 2 saturated heterocycles. The zero-order valence-electron chi connectivity index (χ0n) is 23.8. The second kappa shape index (κ2) is 11.8. The number of amides is 1. The topological polar surface area (TPSA) is 82.1 Å². The zero-order chi connectivity index (χ0) is 32.0. The summed E-state index contributed by atoms with van der Waals surface area (Å²) in [5.74, 6) is -2.79. The summed E-state index contributed by atoms with van der Waals surface area (Å²) >= 11 is 0. The molecular weight excluding hydrogens is 599 g/mol. The lowest BCUT2D eigenvalue weighted by Crippen LogP contribution is -2.60. The van der Waals surface area contributed by atoms with Gasteiger partial charge in [0.25, 0.3) is 5.91 Å². The molecule has 7 nitrogen and oxygen atoms in total. The number of hydrogen-bond donors (Lipinski definition) is 2. The lowest BCUT2D eigenvalue weighted by atomic mass is 9.85. The number of alkyl halides is 6. The van der Waals surface area contributed by atoms with E-state index in [0.717, 1.165) is 18.9 Å². The molecule has 3 fully saturated rings. The fraction of sp³-hybridized carbons (Fsp3) is 0.533. The number of ether oxygens (including phenoxy) is 1. The molecule has 14 heteroatoms. The molecule has 2 N–H and O–H groups in total. The fourth-order valence-electron chi connectivity index (χ4n) is 6.32. The third-order valence-electron chi connectivity index (χ3n) is 8.79. The molecule has 44 heavy (non-hydrogen) atoms. The molecule has 5 rings (SSSR count). The van der Waals surface area contributed by atoms with Crippen LogP contribution in [0.2, 0.25) is 0 Å². The van der Waals surface area contributed by atoms with Crippen molar-refractivity contribution in [3.05, 3.63) is 64.5 Å². The first-order chi connectivity index (χ1) is 20.6. The second-order valence-electron chi connectivity index (χ2n) is 11.8. The van der Waals surface area contributed by atoms with Gasteiger partial charge in [-0.2, -0.15) is 26.3 Å². The first kappa shape index (κ1) is 32.0. The Morgan fingerprint density at radius 3 is 2.18 bits per heavy atom. The molecule has 2 heterocycles. The number of carboxylic acid groups (broad SMARTS) is 1. The molecular formula is C30H32F7N3O4. The van der Waals surface area contributed by atoms with Gasteiger partial charge >= 0.3 is 18.3 Å². The molecule has 2 aromatic rings. The highest BCUT2D eigenvalue weighted by Crippen LogP contribution is 2.47. The molecule has 1 aliphatic carbocycles. The van der Waals surface area contributed by atoms with E-state index in [4.69, 9.17) is 4.74 Å². The number of carbonyl (C=O) groups excluding carboxylic acids is 1. The molecule has 0 aromatic heterocycles. The molecule has 0 bridgehead atoms. The van der Waals surface area contributed by atoms with Crippen molar-refractivity contribution in [2.45, 2.75) is 69.2 Å². The molecule has 0 radical (unpaired) electrons. The SMILES string of the molecule is C[C@H]1CN([C@@H]2CC[C@@](C(=O)NCc3cc(C(F)(F)F)cc(C(F)(F)F)c3)(C3CC3)OC2)CCN1c1ccc(F)c(C(=O)O)c1. The number of halogens is 7. The van der Waals surface area contributed by atoms with Gasteiger partial charge in [-0.25, -0.2) is 9.18 Å². The fourth-order valence-corrected chi connectivity index (χ4v) is 6.32. The summed E-state index contributed by atoms with van der Waals surface area (Å²) in [5.41, 5.74) is -4.21. The average molecular weight is 632 g/mol. The van der Waals surface area contributed by atoms with E-state index >= 15 is 0 Å². The third kappa shape index (κ3) is 6.65. The van der Waals surface area contributed by atoms with Crippen LogP contribution in [0, 0.1) is 11.7 Å². The van der Waals surface area contributed by atoms with Crippen molar-refractivity contribution in [2.75, 3.05) is 31.1 Å². The molecule has 0 spiro atoms. The van der Waals surface area contributed by atoms with Crippen LogP contribution >= 0.6 is 0 Å². The number of nitrogens with one attached hydrogen (secondary N) is 1. The smallest absolute Gasteiger partial charge is 0.416 e. The van der Waals surface area contributed by atoms with E-state index in [1.54, 1.807) is 6.07 Å². The Labute approximate surface area is 248 Å². The van der Waals surface area contributed by atoms with Gasteiger partial charge in [-0.05, 0) is 80.5 Å². The Bertz CT molecular complexity index is 1370. The van der Waals surface area contributed by atoms with Crippen LogP contribution in [0.4, 0.5) is 36.4 Å². The quantitative estimate of drug-likeness (QED) is 0.381. The normalized spacial score (nSPS) is 25.1. The minimum atomic E-state index is -4.99. The summed E-state index contributed by atoms with van der Waals surface area (Å²) in [7, 11) is 0. The predicted molar refractivity (Wildman–Crippen MR) is 144 cm³/mol. The van der Waals surface area contributed by atoms with Gasteiger partial charge in [0.2, 0.25) is 0 Å². The molecule has 3 aliphatic rings. The Kier molecular flexibility index (Phi) is 8.62. The maximum atomic E-state index is 13.9. The van der Waals surface area contributed by atoms with Crippen molar-refractivity contribution in [3.8, 4) is 0 Å². The first-order valence-electron chi connectivity index (χ1n) is 14.3. The standard InChI is InChI=1S/C30H32F7N3O4/c1-17-15-39(8-9-40(17)22-4-5-25(31)24(13-22)26(41)42)23-6-7-28(44-16-23,19-2-3-19)27(43)38-14-18-10-20(29(32,33)34)12-21(11-18)30(35,36)37/h4-5,10-13,17,19,23H,2-3,6-9,14-16H2,1H3,(H,38,43)(H,41,42)/t17-,23+,28-/m0/s1. The molecule has 0 unspecified atom stereocenters. The van der Waals surface area contributed by atoms with E-state index < -0.39 is 58.9 Å². The first-order valence-corrected chi connectivity index (χ1v) is 14.3. The number of aromatic carboxylic acids is 1. The van der Waals surface area contributed by atoms with Crippen molar-refractivity contribution in [1.82, 2.24) is 10.2 Å². The number of carbonyl (C=O) groups is 2. The molecule has 3 atom stereocenters. The van der Waals surface area contributed by atoms with Gasteiger partial charge < -0.3 is 20.1 Å². The maximum Gasteiger partial charge on any atom is 0.416 e. The highest BCUT2D eigenvalue weighted by Gasteiger charge is 2.54. The Morgan fingerprint density at radius 1 is 1.00 bits per heavy atom. The van der Waals surface area contributed by atoms with Crippen molar-refractivity contribution in [3.63, 3.8) is 0 Å². The number of carboxylic acids is 1. The van der Waals surface area contributed by atoms with Crippen LogP contribution in [0.25, 0.3) is 0 Å². The zero-order valence-corrected chi connectivity index (χ0v) is 23.8. The lowest BCUT2D eigenvalue weighted by Gasteiger charge is -2.48. The summed E-state index contributed by atoms with van der Waals surface area (Å²) in [6.07, 6.45) is -7.57. The number of anilines is 1. The van der Waals surface area contributed by atoms with E-state index in [1.165, 1.54) is 6.07 Å². The van der Waals surface area contributed by atoms with Crippen LogP contribution in [0.5, 0.6) is 0 Å². The highest BCUT2D eigenvalue weighted by atomic mass is 19.4. The number of piperazine rings is 1. The Morgan fingerprint density at radius 2 is 1.66 bits per heavy atom. The van der Waals surface area contributed by atoms with Gasteiger partial charge in [0.05, 0.1) is 23.3 Å². The summed E-state index contributed by atoms with van der Waals surface area (Å²) in [5, 5.41) is 11.8. The van der Waals surface area contributed by atoms with Crippen molar-refractivity contribution in [1.29, 1.82) is 0 Å². The summed E-state index contributed by atoms with van der Waals surface area (Å²) in [6, 6.07) is 5.19. The van der Waals surface area contributed by atoms with Crippen molar-refractivity contribution >= 4 is 17.6 Å². The van der Waals surface area contributed by atoms with Crippen molar-refractivity contribution in [2.24, 2.45) is 5.92 Å². The van der Waals surface area contributed by atoms with E-state index in [2.05, 4.69) is 10.2 Å². The van der Waals surface area contributed by atoms with Gasteiger partial charge in [-0.3, -0.25) is 9.69 Å². The monoisotopic (exact) mass is 631 g/mol. The largest absolute Gasteiger partial charge is 0.478 e. The molecule has 1 saturated carbocycles. The number of nitrogens with zero attached hydrogens (tertiary/aromatic N) is 2. The van der Waals surface area contributed by atoms with Gasteiger partial charge in [0.15, 0.2) is 0 Å². The Balaban J connectivity index is 1.22. The molecule has 2 aromatic carbocycles. The van der Waals surface area contributed by atoms with Gasteiger partial charge in [0.1, 0.15) is 11.4 Å². The minimum absolute atomic E-state index is 0.0279. The van der Waals surface area contributed by atoms with Crippen LogP contribution in [-0.2, 0) is 28.4 Å². The number of benzene rings is 2. The van der Waals surface area contributed by atoms with Crippen LogP contribution in [0.1, 0.15) is 59.7 Å². The summed E-state index contributed by atoms with van der Waals surface area (Å²) in [6.45, 7) is 3.44.